The Kier molecular flexibility index (Phi) is 6.29. The van der Waals surface area contributed by atoms with Crippen molar-refractivity contribution in [2.45, 2.75) is 13.5 Å². The van der Waals surface area contributed by atoms with Crippen LogP contribution in [-0.2, 0) is 6.61 Å². The van der Waals surface area contributed by atoms with E-state index in [1.807, 2.05) is 85.8 Å². The Labute approximate surface area is 186 Å². The van der Waals surface area contributed by atoms with Crippen LogP contribution in [0.2, 0.25) is 5.02 Å². The summed E-state index contributed by atoms with van der Waals surface area (Å²) < 4.78 is 6.09. The standard InChI is InChI=1S/C26H21ClN2O2/c1-18-8-2-5-11-21(18)26(30)29-28-16-23-22-12-6-3-9-19(22)14-15-25(23)31-17-20-10-4-7-13-24(20)27/h2-16H,17H2,1H3,(H,29,30)/b28-16-. The quantitative estimate of drug-likeness (QED) is 0.296. The van der Waals surface area contributed by atoms with E-state index >= 15 is 0 Å². The molecule has 4 aromatic carbocycles. The van der Waals surface area contributed by atoms with Gasteiger partial charge in [-0.25, -0.2) is 5.43 Å². The zero-order valence-electron chi connectivity index (χ0n) is 17.0. The van der Waals surface area contributed by atoms with E-state index < -0.39 is 0 Å². The SMILES string of the molecule is Cc1ccccc1C(=O)N/N=C\c1c(OCc2ccccc2Cl)ccc2ccccc12. The molecule has 4 aromatic rings. The van der Waals surface area contributed by atoms with Crippen molar-refractivity contribution in [3.63, 3.8) is 0 Å². The van der Waals surface area contributed by atoms with Crippen molar-refractivity contribution >= 4 is 34.5 Å². The molecule has 0 radical (unpaired) electrons. The van der Waals surface area contributed by atoms with Gasteiger partial charge >= 0.3 is 0 Å². The lowest BCUT2D eigenvalue weighted by Gasteiger charge is -2.12. The topological polar surface area (TPSA) is 50.7 Å². The van der Waals surface area contributed by atoms with Gasteiger partial charge < -0.3 is 4.74 Å². The summed E-state index contributed by atoms with van der Waals surface area (Å²) in [5, 5.41) is 6.90. The fraction of sp³-hybridized carbons (Fsp3) is 0.0769. The molecule has 0 saturated heterocycles. The zero-order chi connectivity index (χ0) is 21.6. The minimum atomic E-state index is -0.256. The summed E-state index contributed by atoms with van der Waals surface area (Å²) in [6, 6.07) is 26.8. The monoisotopic (exact) mass is 428 g/mol. The van der Waals surface area contributed by atoms with Crippen molar-refractivity contribution in [2.75, 3.05) is 0 Å². The molecule has 0 heterocycles. The van der Waals surface area contributed by atoms with Crippen LogP contribution in [0, 0.1) is 6.92 Å². The van der Waals surface area contributed by atoms with Gasteiger partial charge in [0.15, 0.2) is 0 Å². The third-order valence-corrected chi connectivity index (χ3v) is 5.39. The Hall–Kier alpha value is -3.63. The highest BCUT2D eigenvalue weighted by Crippen LogP contribution is 2.28. The van der Waals surface area contributed by atoms with Crippen molar-refractivity contribution in [2.24, 2.45) is 5.10 Å². The molecule has 0 atom stereocenters. The first-order valence-corrected chi connectivity index (χ1v) is 10.3. The molecule has 1 amide bonds. The molecule has 0 saturated carbocycles. The van der Waals surface area contributed by atoms with Crippen LogP contribution in [0.4, 0.5) is 0 Å². The van der Waals surface area contributed by atoms with Gasteiger partial charge in [-0.15, -0.1) is 0 Å². The van der Waals surface area contributed by atoms with E-state index in [2.05, 4.69) is 10.5 Å². The Bertz CT molecular complexity index is 1270. The Morgan fingerprint density at radius 2 is 1.71 bits per heavy atom. The number of carbonyl (C=O) groups excluding carboxylic acids is 1. The van der Waals surface area contributed by atoms with Gasteiger partial charge in [0.1, 0.15) is 12.4 Å². The first-order valence-electron chi connectivity index (χ1n) is 9.90. The Balaban J connectivity index is 1.61. The van der Waals surface area contributed by atoms with Gasteiger partial charge in [0.25, 0.3) is 5.91 Å². The molecule has 154 valence electrons. The molecule has 0 bridgehead atoms. The lowest BCUT2D eigenvalue weighted by Crippen LogP contribution is -2.18. The fourth-order valence-corrected chi connectivity index (χ4v) is 3.54. The van der Waals surface area contributed by atoms with E-state index in [-0.39, 0.29) is 5.91 Å². The van der Waals surface area contributed by atoms with Crippen LogP contribution in [0.1, 0.15) is 27.0 Å². The molecule has 0 fully saturated rings. The van der Waals surface area contributed by atoms with Crippen LogP contribution in [-0.4, -0.2) is 12.1 Å². The number of ether oxygens (including phenoxy) is 1. The van der Waals surface area contributed by atoms with E-state index in [1.165, 1.54) is 0 Å². The smallest absolute Gasteiger partial charge is 0.271 e. The Morgan fingerprint density at radius 1 is 0.968 bits per heavy atom. The molecule has 31 heavy (non-hydrogen) atoms. The lowest BCUT2D eigenvalue weighted by molar-refractivity contribution is 0.0954. The maximum absolute atomic E-state index is 12.5. The number of hydrogen-bond acceptors (Lipinski definition) is 3. The maximum atomic E-state index is 12.5. The first kappa shape index (κ1) is 20.6. The molecule has 1 N–H and O–H groups in total. The summed E-state index contributed by atoms with van der Waals surface area (Å²) in [7, 11) is 0. The summed E-state index contributed by atoms with van der Waals surface area (Å²) in [6.07, 6.45) is 1.63. The number of benzene rings is 4. The number of nitrogens with zero attached hydrogens (tertiary/aromatic N) is 1. The number of hydrazone groups is 1. The van der Waals surface area contributed by atoms with E-state index in [9.17, 15) is 4.79 Å². The summed E-state index contributed by atoms with van der Waals surface area (Å²) in [4.78, 5) is 12.5. The molecule has 0 aliphatic carbocycles. The minimum absolute atomic E-state index is 0.256. The molecule has 0 spiro atoms. The average Bonchev–Trinajstić information content (AvgIpc) is 2.79. The number of amides is 1. The molecule has 4 rings (SSSR count). The second-order valence-corrected chi connectivity index (χ2v) is 7.50. The normalized spacial score (nSPS) is 11.0. The number of hydrogen-bond donors (Lipinski definition) is 1. The van der Waals surface area contributed by atoms with Crippen LogP contribution >= 0.6 is 11.6 Å². The third kappa shape index (κ3) is 4.76. The van der Waals surface area contributed by atoms with Gasteiger partial charge in [-0.1, -0.05) is 78.3 Å². The van der Waals surface area contributed by atoms with Crippen LogP contribution in [0.5, 0.6) is 5.75 Å². The van der Waals surface area contributed by atoms with Crippen LogP contribution in [0.3, 0.4) is 0 Å². The van der Waals surface area contributed by atoms with Gasteiger partial charge in [-0.05, 0) is 41.5 Å². The number of fused-ring (bicyclic) bond motifs is 1. The summed E-state index contributed by atoms with van der Waals surface area (Å²) in [6.45, 7) is 2.22. The minimum Gasteiger partial charge on any atom is -0.488 e. The van der Waals surface area contributed by atoms with Gasteiger partial charge in [0.2, 0.25) is 0 Å². The molecule has 5 heteroatoms. The van der Waals surface area contributed by atoms with Gasteiger partial charge in [0, 0.05) is 21.7 Å². The molecule has 0 unspecified atom stereocenters. The second kappa shape index (κ2) is 9.45. The highest BCUT2D eigenvalue weighted by Gasteiger charge is 2.10. The number of nitrogens with one attached hydrogen (secondary N) is 1. The predicted octanol–water partition coefficient (Wildman–Crippen LogP) is 6.14. The van der Waals surface area contributed by atoms with Gasteiger partial charge in [-0.3, -0.25) is 4.79 Å². The van der Waals surface area contributed by atoms with E-state index in [1.54, 1.807) is 12.3 Å². The largest absolute Gasteiger partial charge is 0.488 e. The lowest BCUT2D eigenvalue weighted by atomic mass is 10.0. The number of carbonyl (C=O) groups is 1. The summed E-state index contributed by atoms with van der Waals surface area (Å²) in [5.74, 6) is 0.403. The summed E-state index contributed by atoms with van der Waals surface area (Å²) in [5.41, 5.74) is 5.78. The van der Waals surface area contributed by atoms with Crippen LogP contribution in [0.15, 0.2) is 90.0 Å². The maximum Gasteiger partial charge on any atom is 0.271 e. The fourth-order valence-electron chi connectivity index (χ4n) is 3.35. The average molecular weight is 429 g/mol. The molecular formula is C26H21ClN2O2. The number of rotatable bonds is 6. The van der Waals surface area contributed by atoms with E-state index in [4.69, 9.17) is 16.3 Å². The number of halogens is 1. The number of aryl methyl sites for hydroxylation is 1. The van der Waals surface area contributed by atoms with Crippen molar-refractivity contribution < 1.29 is 9.53 Å². The molecule has 0 aliphatic heterocycles. The third-order valence-electron chi connectivity index (χ3n) is 5.02. The van der Waals surface area contributed by atoms with E-state index in [0.717, 1.165) is 27.5 Å². The van der Waals surface area contributed by atoms with Crippen molar-refractivity contribution in [3.05, 3.63) is 112 Å². The van der Waals surface area contributed by atoms with Crippen LogP contribution < -0.4 is 10.2 Å². The zero-order valence-corrected chi connectivity index (χ0v) is 17.8. The molecule has 0 aliphatic rings. The highest BCUT2D eigenvalue weighted by atomic mass is 35.5. The van der Waals surface area contributed by atoms with Crippen molar-refractivity contribution in [1.29, 1.82) is 0 Å². The highest BCUT2D eigenvalue weighted by molar-refractivity contribution is 6.31. The van der Waals surface area contributed by atoms with Crippen LogP contribution in [0.25, 0.3) is 10.8 Å². The molecule has 0 aromatic heterocycles. The van der Waals surface area contributed by atoms with E-state index in [0.29, 0.717) is 22.9 Å². The Morgan fingerprint density at radius 3 is 2.55 bits per heavy atom. The predicted molar refractivity (Wildman–Crippen MR) is 126 cm³/mol. The van der Waals surface area contributed by atoms with Crippen molar-refractivity contribution in [1.82, 2.24) is 5.43 Å². The summed E-state index contributed by atoms with van der Waals surface area (Å²) >= 11 is 6.26. The van der Waals surface area contributed by atoms with Crippen molar-refractivity contribution in [3.8, 4) is 5.75 Å². The van der Waals surface area contributed by atoms with Gasteiger partial charge in [0.05, 0.1) is 6.21 Å². The molecule has 4 nitrogen and oxygen atoms in total. The second-order valence-electron chi connectivity index (χ2n) is 7.09. The van der Waals surface area contributed by atoms with Gasteiger partial charge in [-0.2, -0.15) is 5.10 Å². The first-order chi connectivity index (χ1) is 15.1. The molecular weight excluding hydrogens is 408 g/mol.